The van der Waals surface area contributed by atoms with E-state index in [1.54, 1.807) is 5.56 Å². The molecule has 3 heterocycles. The van der Waals surface area contributed by atoms with Crippen molar-refractivity contribution >= 4 is 10.9 Å². The number of hydrogen-bond donors (Lipinski definition) is 1. The van der Waals surface area contributed by atoms with Gasteiger partial charge in [0.15, 0.2) is 0 Å². The topological polar surface area (TPSA) is 17.0 Å². The van der Waals surface area contributed by atoms with E-state index in [1.165, 1.54) is 61.7 Å². The first kappa shape index (κ1) is 10.6. The Labute approximate surface area is 108 Å². The molecule has 1 saturated heterocycles. The van der Waals surface area contributed by atoms with E-state index in [2.05, 4.69) is 34.3 Å². The number of aromatic nitrogens is 1. The largest absolute Gasteiger partial charge is 0.347 e. The summed E-state index contributed by atoms with van der Waals surface area (Å²) in [5, 5.41) is 5.18. The van der Waals surface area contributed by atoms with Crippen LogP contribution in [0, 0.1) is 0 Å². The predicted molar refractivity (Wildman–Crippen MR) is 74.9 cm³/mol. The highest BCUT2D eigenvalue weighted by Gasteiger charge is 2.22. The molecule has 0 aliphatic carbocycles. The van der Waals surface area contributed by atoms with E-state index < -0.39 is 0 Å². The molecule has 0 spiro atoms. The lowest BCUT2D eigenvalue weighted by Gasteiger charge is -2.23. The van der Waals surface area contributed by atoms with Gasteiger partial charge in [-0.05, 0) is 43.4 Å². The second-order valence-electron chi connectivity index (χ2n) is 5.70. The number of nitrogens with zero attached hydrogens (tertiary/aromatic N) is 1. The predicted octanol–water partition coefficient (Wildman–Crippen LogP) is 3.40. The Morgan fingerprint density at radius 3 is 3.06 bits per heavy atom. The van der Waals surface area contributed by atoms with Crippen LogP contribution in [0.15, 0.2) is 24.4 Å². The smallest absolute Gasteiger partial charge is 0.0516 e. The molecule has 1 aromatic carbocycles. The Kier molecular flexibility index (Phi) is 2.44. The monoisotopic (exact) mass is 240 g/mol. The zero-order valence-corrected chi connectivity index (χ0v) is 10.8. The summed E-state index contributed by atoms with van der Waals surface area (Å²) < 4.78 is 2.49. The van der Waals surface area contributed by atoms with Gasteiger partial charge in [0.1, 0.15) is 0 Å². The molecule has 2 nitrogen and oxygen atoms in total. The summed E-state index contributed by atoms with van der Waals surface area (Å²) in [6.07, 6.45) is 8.95. The van der Waals surface area contributed by atoms with Crippen molar-refractivity contribution in [2.75, 3.05) is 6.54 Å². The Morgan fingerprint density at radius 1 is 1.17 bits per heavy atom. The van der Waals surface area contributed by atoms with Gasteiger partial charge in [-0.1, -0.05) is 24.6 Å². The number of aryl methyl sites for hydroxylation is 2. The van der Waals surface area contributed by atoms with Crippen LogP contribution in [-0.4, -0.2) is 11.1 Å². The van der Waals surface area contributed by atoms with E-state index in [9.17, 15) is 0 Å². The average molecular weight is 240 g/mol. The number of nitrogens with one attached hydrogen (secondary N) is 1. The fourth-order valence-corrected chi connectivity index (χ4v) is 3.68. The molecular formula is C16H20N2. The van der Waals surface area contributed by atoms with Crippen molar-refractivity contribution in [2.24, 2.45) is 0 Å². The minimum absolute atomic E-state index is 0.579. The standard InChI is InChI=1S/C16H20N2/c1-2-9-17-15(8-1)14-11-18-10-4-6-12-5-3-7-13(14)16(12)18/h3,5,7,11,15,17H,1-2,4,6,8-10H2. The van der Waals surface area contributed by atoms with Crippen LogP contribution in [0.4, 0.5) is 0 Å². The van der Waals surface area contributed by atoms with Crippen LogP contribution in [-0.2, 0) is 13.0 Å². The van der Waals surface area contributed by atoms with Gasteiger partial charge in [0.05, 0.1) is 5.52 Å². The van der Waals surface area contributed by atoms with Gasteiger partial charge in [-0.3, -0.25) is 0 Å². The number of hydrogen-bond acceptors (Lipinski definition) is 1. The molecule has 0 bridgehead atoms. The van der Waals surface area contributed by atoms with Crippen molar-refractivity contribution in [3.8, 4) is 0 Å². The zero-order chi connectivity index (χ0) is 11.9. The molecule has 18 heavy (non-hydrogen) atoms. The van der Waals surface area contributed by atoms with Crippen LogP contribution >= 0.6 is 0 Å². The molecule has 1 atom stereocenters. The molecule has 0 amide bonds. The van der Waals surface area contributed by atoms with Gasteiger partial charge in [-0.15, -0.1) is 0 Å². The highest BCUT2D eigenvalue weighted by molar-refractivity contribution is 5.87. The lowest BCUT2D eigenvalue weighted by atomic mass is 9.96. The summed E-state index contributed by atoms with van der Waals surface area (Å²) in [5.41, 5.74) is 4.58. The first-order valence-corrected chi connectivity index (χ1v) is 7.27. The summed E-state index contributed by atoms with van der Waals surface area (Å²) in [7, 11) is 0. The summed E-state index contributed by atoms with van der Waals surface area (Å²) >= 11 is 0. The summed E-state index contributed by atoms with van der Waals surface area (Å²) in [6.45, 7) is 2.37. The van der Waals surface area contributed by atoms with Crippen molar-refractivity contribution in [3.05, 3.63) is 35.5 Å². The molecule has 1 aromatic heterocycles. The lowest BCUT2D eigenvalue weighted by molar-refractivity contribution is 0.413. The molecular weight excluding hydrogens is 220 g/mol. The summed E-state index contributed by atoms with van der Waals surface area (Å²) in [6, 6.07) is 7.43. The van der Waals surface area contributed by atoms with Crippen LogP contribution in [0.3, 0.4) is 0 Å². The van der Waals surface area contributed by atoms with Gasteiger partial charge < -0.3 is 9.88 Å². The quantitative estimate of drug-likeness (QED) is 0.808. The number of para-hydroxylation sites is 1. The third-order valence-electron chi connectivity index (χ3n) is 4.54. The zero-order valence-electron chi connectivity index (χ0n) is 10.8. The Morgan fingerprint density at radius 2 is 2.17 bits per heavy atom. The van der Waals surface area contributed by atoms with E-state index in [0.29, 0.717) is 6.04 Å². The molecule has 1 N–H and O–H groups in total. The number of benzene rings is 1. The van der Waals surface area contributed by atoms with Crippen LogP contribution in [0.5, 0.6) is 0 Å². The highest BCUT2D eigenvalue weighted by Crippen LogP contribution is 2.34. The molecule has 1 unspecified atom stereocenters. The number of piperidine rings is 1. The molecule has 2 aliphatic heterocycles. The molecule has 2 heteroatoms. The number of rotatable bonds is 1. The van der Waals surface area contributed by atoms with Gasteiger partial charge in [-0.25, -0.2) is 0 Å². The van der Waals surface area contributed by atoms with E-state index in [-0.39, 0.29) is 0 Å². The van der Waals surface area contributed by atoms with E-state index in [1.807, 2.05) is 0 Å². The van der Waals surface area contributed by atoms with Crippen molar-refractivity contribution in [3.63, 3.8) is 0 Å². The average Bonchev–Trinajstić information content (AvgIpc) is 2.82. The van der Waals surface area contributed by atoms with Crippen LogP contribution in [0.2, 0.25) is 0 Å². The second-order valence-corrected chi connectivity index (χ2v) is 5.70. The van der Waals surface area contributed by atoms with E-state index in [4.69, 9.17) is 0 Å². The molecule has 94 valence electrons. The van der Waals surface area contributed by atoms with Gasteiger partial charge >= 0.3 is 0 Å². The Bertz CT molecular complexity index is 576. The molecule has 2 aromatic rings. The lowest BCUT2D eigenvalue weighted by Crippen LogP contribution is -2.26. The van der Waals surface area contributed by atoms with Crippen LogP contribution in [0.25, 0.3) is 10.9 Å². The Balaban J connectivity index is 1.89. The van der Waals surface area contributed by atoms with Crippen molar-refractivity contribution in [1.29, 1.82) is 0 Å². The minimum atomic E-state index is 0.579. The second kappa shape index (κ2) is 4.13. The third-order valence-corrected chi connectivity index (χ3v) is 4.54. The fourth-order valence-electron chi connectivity index (χ4n) is 3.68. The highest BCUT2D eigenvalue weighted by atomic mass is 15.0. The third kappa shape index (κ3) is 1.52. The normalized spacial score (nSPS) is 23.4. The minimum Gasteiger partial charge on any atom is -0.347 e. The molecule has 0 saturated carbocycles. The SMILES string of the molecule is c1cc2c3c(c1)c(C1CCCCN1)cn3CCC2. The van der Waals surface area contributed by atoms with Gasteiger partial charge in [0.25, 0.3) is 0 Å². The molecule has 2 aliphatic rings. The maximum atomic E-state index is 3.69. The Hall–Kier alpha value is -1.28. The molecule has 1 fully saturated rings. The van der Waals surface area contributed by atoms with Crippen molar-refractivity contribution < 1.29 is 0 Å². The first-order chi connectivity index (χ1) is 8.93. The van der Waals surface area contributed by atoms with Gasteiger partial charge in [0, 0.05) is 24.2 Å². The van der Waals surface area contributed by atoms with E-state index >= 15 is 0 Å². The maximum absolute atomic E-state index is 3.69. The fraction of sp³-hybridized carbons (Fsp3) is 0.500. The van der Waals surface area contributed by atoms with Crippen LogP contribution in [0.1, 0.15) is 42.9 Å². The first-order valence-electron chi connectivity index (χ1n) is 7.27. The van der Waals surface area contributed by atoms with Gasteiger partial charge in [-0.2, -0.15) is 0 Å². The molecule has 0 radical (unpaired) electrons. The van der Waals surface area contributed by atoms with Crippen LogP contribution < -0.4 is 5.32 Å². The van der Waals surface area contributed by atoms with Gasteiger partial charge in [0.2, 0.25) is 0 Å². The summed E-state index contributed by atoms with van der Waals surface area (Å²) in [4.78, 5) is 0. The van der Waals surface area contributed by atoms with E-state index in [0.717, 1.165) is 0 Å². The van der Waals surface area contributed by atoms with Crippen molar-refractivity contribution in [1.82, 2.24) is 9.88 Å². The van der Waals surface area contributed by atoms with Crippen molar-refractivity contribution in [2.45, 2.75) is 44.7 Å². The summed E-state index contributed by atoms with van der Waals surface area (Å²) in [5.74, 6) is 0. The maximum Gasteiger partial charge on any atom is 0.0516 e. The molecule has 4 rings (SSSR count).